The molecule has 8 heteroatoms. The maximum Gasteiger partial charge on any atom is 0.243 e. The van der Waals surface area contributed by atoms with Gasteiger partial charge >= 0.3 is 0 Å². The Bertz CT molecular complexity index is 1120. The number of sulfonamides is 1. The molecule has 3 aromatic carbocycles. The Labute approximate surface area is 182 Å². The Morgan fingerprint density at radius 2 is 1.61 bits per heavy atom. The number of nitrogens with zero attached hydrogens (tertiary/aromatic N) is 1. The molecule has 0 bridgehead atoms. The predicted octanol–water partition coefficient (Wildman–Crippen LogP) is 3.57. The van der Waals surface area contributed by atoms with E-state index in [-0.39, 0.29) is 17.3 Å². The summed E-state index contributed by atoms with van der Waals surface area (Å²) in [5.41, 5.74) is 2.26. The number of benzene rings is 3. The lowest BCUT2D eigenvalue weighted by Crippen LogP contribution is -2.23. The fourth-order valence-corrected chi connectivity index (χ4v) is 3.69. The van der Waals surface area contributed by atoms with E-state index in [0.717, 1.165) is 9.87 Å². The maximum absolute atomic E-state index is 12.2. The molecule has 0 aliphatic rings. The zero-order valence-corrected chi connectivity index (χ0v) is 18.2. The summed E-state index contributed by atoms with van der Waals surface area (Å²) in [6.45, 7) is 0.469. The van der Waals surface area contributed by atoms with Crippen LogP contribution >= 0.6 is 0 Å². The average Bonchev–Trinajstić information content (AvgIpc) is 2.78. The van der Waals surface area contributed by atoms with Crippen LogP contribution in [0.25, 0.3) is 0 Å². The van der Waals surface area contributed by atoms with Gasteiger partial charge in [-0.2, -0.15) is 0 Å². The van der Waals surface area contributed by atoms with Crippen LogP contribution in [0, 0.1) is 0 Å². The number of ether oxygens (including phenoxy) is 1. The van der Waals surface area contributed by atoms with Gasteiger partial charge < -0.3 is 15.4 Å². The predicted molar refractivity (Wildman–Crippen MR) is 122 cm³/mol. The van der Waals surface area contributed by atoms with Gasteiger partial charge in [0.1, 0.15) is 12.4 Å². The average molecular weight is 440 g/mol. The SMILES string of the molecule is CN(C)S(=O)(=O)c1cccc(NCC(=O)Nc2ccc(OCc3ccccc3)cc2)c1. The monoisotopic (exact) mass is 439 g/mol. The standard InChI is InChI=1S/C23H25N3O4S/c1-26(2)31(28,29)22-10-6-9-20(15-22)24-16-23(27)25-19-11-13-21(14-12-19)30-17-18-7-4-3-5-8-18/h3-15,24H,16-17H2,1-2H3,(H,25,27). The largest absolute Gasteiger partial charge is 0.489 e. The molecule has 0 atom stereocenters. The smallest absolute Gasteiger partial charge is 0.243 e. The molecule has 0 saturated heterocycles. The van der Waals surface area contributed by atoms with Crippen molar-refractivity contribution in [2.24, 2.45) is 0 Å². The number of hydrogen-bond acceptors (Lipinski definition) is 5. The van der Waals surface area contributed by atoms with Gasteiger partial charge in [-0.05, 0) is 48.0 Å². The summed E-state index contributed by atoms with van der Waals surface area (Å²) in [6.07, 6.45) is 0. The first-order valence-corrected chi connectivity index (χ1v) is 11.1. The Morgan fingerprint density at radius 3 is 2.29 bits per heavy atom. The van der Waals surface area contributed by atoms with Gasteiger partial charge in [-0.1, -0.05) is 36.4 Å². The van der Waals surface area contributed by atoms with Crippen molar-refractivity contribution in [3.8, 4) is 5.75 Å². The first kappa shape index (κ1) is 22.3. The number of amides is 1. The molecule has 0 unspecified atom stereocenters. The van der Waals surface area contributed by atoms with E-state index in [4.69, 9.17) is 4.74 Å². The van der Waals surface area contributed by atoms with Gasteiger partial charge in [-0.15, -0.1) is 0 Å². The van der Waals surface area contributed by atoms with E-state index in [0.29, 0.717) is 23.7 Å². The second kappa shape index (κ2) is 10.1. The number of carbonyl (C=O) groups excluding carboxylic acids is 1. The van der Waals surface area contributed by atoms with E-state index in [1.807, 2.05) is 30.3 Å². The molecule has 0 aromatic heterocycles. The Balaban J connectivity index is 1.51. The molecular formula is C23H25N3O4S. The van der Waals surface area contributed by atoms with Gasteiger partial charge in [0.25, 0.3) is 0 Å². The first-order chi connectivity index (χ1) is 14.8. The van der Waals surface area contributed by atoms with Crippen molar-refractivity contribution in [2.45, 2.75) is 11.5 Å². The van der Waals surface area contributed by atoms with Gasteiger partial charge in [0, 0.05) is 25.5 Å². The molecule has 0 fully saturated rings. The second-order valence-corrected chi connectivity index (χ2v) is 9.17. The van der Waals surface area contributed by atoms with E-state index < -0.39 is 10.0 Å². The Morgan fingerprint density at radius 1 is 0.903 bits per heavy atom. The quantitative estimate of drug-likeness (QED) is 0.532. The molecular weight excluding hydrogens is 414 g/mol. The van der Waals surface area contributed by atoms with Crippen LogP contribution in [0.4, 0.5) is 11.4 Å². The van der Waals surface area contributed by atoms with Crippen LogP contribution in [0.5, 0.6) is 5.75 Å². The zero-order chi connectivity index (χ0) is 22.3. The van der Waals surface area contributed by atoms with E-state index >= 15 is 0 Å². The summed E-state index contributed by atoms with van der Waals surface area (Å²) in [4.78, 5) is 12.4. The summed E-state index contributed by atoms with van der Waals surface area (Å²) < 4.78 is 31.3. The molecule has 0 aliphatic carbocycles. The van der Waals surface area contributed by atoms with Gasteiger partial charge in [0.05, 0.1) is 11.4 Å². The third-order valence-corrected chi connectivity index (χ3v) is 6.26. The lowest BCUT2D eigenvalue weighted by Gasteiger charge is -2.13. The molecule has 0 spiro atoms. The normalized spacial score (nSPS) is 11.2. The van der Waals surface area contributed by atoms with Crippen molar-refractivity contribution < 1.29 is 17.9 Å². The number of carbonyl (C=O) groups is 1. The third-order valence-electron chi connectivity index (χ3n) is 4.45. The fourth-order valence-electron chi connectivity index (χ4n) is 2.74. The van der Waals surface area contributed by atoms with E-state index in [9.17, 15) is 13.2 Å². The number of anilines is 2. The molecule has 3 aromatic rings. The fraction of sp³-hybridized carbons (Fsp3) is 0.174. The van der Waals surface area contributed by atoms with Crippen LogP contribution in [0.15, 0.2) is 83.8 Å². The van der Waals surface area contributed by atoms with Gasteiger partial charge in [0.15, 0.2) is 0 Å². The first-order valence-electron chi connectivity index (χ1n) is 9.68. The summed E-state index contributed by atoms with van der Waals surface area (Å²) in [7, 11) is -0.586. The van der Waals surface area contributed by atoms with Crippen LogP contribution in [0.1, 0.15) is 5.56 Å². The molecule has 0 saturated carbocycles. The van der Waals surface area contributed by atoms with Crippen molar-refractivity contribution in [1.82, 2.24) is 4.31 Å². The minimum Gasteiger partial charge on any atom is -0.489 e. The number of rotatable bonds is 9. The number of nitrogens with one attached hydrogen (secondary N) is 2. The topological polar surface area (TPSA) is 87.7 Å². The highest BCUT2D eigenvalue weighted by Crippen LogP contribution is 2.19. The van der Waals surface area contributed by atoms with Crippen LogP contribution in [-0.4, -0.2) is 39.3 Å². The van der Waals surface area contributed by atoms with Crippen LogP contribution in [-0.2, 0) is 21.4 Å². The van der Waals surface area contributed by atoms with E-state index in [2.05, 4.69) is 10.6 Å². The number of hydrogen-bond donors (Lipinski definition) is 2. The maximum atomic E-state index is 12.2. The molecule has 0 heterocycles. The highest BCUT2D eigenvalue weighted by molar-refractivity contribution is 7.89. The highest BCUT2D eigenvalue weighted by atomic mass is 32.2. The van der Waals surface area contributed by atoms with Gasteiger partial charge in [-0.3, -0.25) is 4.79 Å². The molecule has 2 N–H and O–H groups in total. The van der Waals surface area contributed by atoms with Crippen LogP contribution in [0.3, 0.4) is 0 Å². The Kier molecular flexibility index (Phi) is 7.28. The summed E-state index contributed by atoms with van der Waals surface area (Å²) in [5, 5.41) is 5.74. The molecule has 31 heavy (non-hydrogen) atoms. The minimum atomic E-state index is -3.53. The van der Waals surface area contributed by atoms with Crippen molar-refractivity contribution in [3.05, 3.63) is 84.4 Å². The molecule has 3 rings (SSSR count). The van der Waals surface area contributed by atoms with Crippen molar-refractivity contribution in [3.63, 3.8) is 0 Å². The third kappa shape index (κ3) is 6.31. The summed E-state index contributed by atoms with van der Waals surface area (Å²) in [6, 6.07) is 23.3. The van der Waals surface area contributed by atoms with Crippen molar-refractivity contribution in [2.75, 3.05) is 31.3 Å². The molecule has 0 aliphatic heterocycles. The summed E-state index contributed by atoms with van der Waals surface area (Å²) >= 11 is 0. The van der Waals surface area contributed by atoms with Crippen LogP contribution in [0.2, 0.25) is 0 Å². The van der Waals surface area contributed by atoms with Gasteiger partial charge in [-0.25, -0.2) is 12.7 Å². The van der Waals surface area contributed by atoms with Crippen LogP contribution < -0.4 is 15.4 Å². The molecule has 162 valence electrons. The van der Waals surface area contributed by atoms with Gasteiger partial charge in [0.2, 0.25) is 15.9 Å². The summed E-state index contributed by atoms with van der Waals surface area (Å²) in [5.74, 6) is 0.456. The van der Waals surface area contributed by atoms with E-state index in [1.165, 1.54) is 26.2 Å². The molecule has 0 radical (unpaired) electrons. The van der Waals surface area contributed by atoms with Crippen molar-refractivity contribution in [1.29, 1.82) is 0 Å². The van der Waals surface area contributed by atoms with E-state index in [1.54, 1.807) is 36.4 Å². The minimum absolute atomic E-state index is 0.00226. The van der Waals surface area contributed by atoms with Crippen molar-refractivity contribution >= 4 is 27.3 Å². The lowest BCUT2D eigenvalue weighted by molar-refractivity contribution is -0.114. The molecule has 7 nitrogen and oxygen atoms in total. The Hall–Kier alpha value is -3.36. The zero-order valence-electron chi connectivity index (χ0n) is 17.4. The lowest BCUT2D eigenvalue weighted by atomic mass is 10.2. The second-order valence-electron chi connectivity index (χ2n) is 7.02. The molecule has 1 amide bonds. The highest BCUT2D eigenvalue weighted by Gasteiger charge is 2.17.